The minimum absolute atomic E-state index is 0.135. The fourth-order valence-electron chi connectivity index (χ4n) is 1.07. The van der Waals surface area contributed by atoms with Crippen LogP contribution in [-0.4, -0.2) is 21.7 Å². The second-order valence-electron chi connectivity index (χ2n) is 4.28. The van der Waals surface area contributed by atoms with E-state index >= 15 is 0 Å². The predicted octanol–water partition coefficient (Wildman–Crippen LogP) is 1.51. The Bertz CT molecular complexity index is 275. The molecule has 0 aliphatic heterocycles. The van der Waals surface area contributed by atoms with Crippen LogP contribution in [0.15, 0.2) is 12.4 Å². The second kappa shape index (κ2) is 4.57. The molecule has 0 aliphatic carbocycles. The molecular weight excluding hydrogens is 178 g/mol. The molecule has 4 heteroatoms. The number of aromatic nitrogens is 2. The van der Waals surface area contributed by atoms with E-state index < -0.39 is 0 Å². The molecule has 0 aromatic carbocycles. The van der Waals surface area contributed by atoms with Gasteiger partial charge in [0.15, 0.2) is 0 Å². The fraction of sp³-hybridized carbons (Fsp3) is 0.700. The molecule has 0 amide bonds. The number of hydrogen-bond acceptors (Lipinski definition) is 3. The summed E-state index contributed by atoms with van der Waals surface area (Å²) in [5.41, 5.74) is 2.81. The van der Waals surface area contributed by atoms with Gasteiger partial charge in [0.2, 0.25) is 0 Å². The highest BCUT2D eigenvalue weighted by atomic mass is 16.7. The lowest BCUT2D eigenvalue weighted by Crippen LogP contribution is -2.31. The summed E-state index contributed by atoms with van der Waals surface area (Å²) in [6.07, 6.45) is 3.77. The van der Waals surface area contributed by atoms with Crippen LogP contribution in [0.25, 0.3) is 0 Å². The van der Waals surface area contributed by atoms with Crippen molar-refractivity contribution in [3.05, 3.63) is 18.2 Å². The van der Waals surface area contributed by atoms with E-state index in [4.69, 9.17) is 4.84 Å². The maximum Gasteiger partial charge on any atom is 0.105 e. The molecule has 0 atom stereocenters. The predicted molar refractivity (Wildman–Crippen MR) is 55.8 cm³/mol. The van der Waals surface area contributed by atoms with Gasteiger partial charge in [0.05, 0.1) is 5.60 Å². The zero-order chi connectivity index (χ0) is 10.6. The largest absolute Gasteiger partial charge is 0.334 e. The lowest BCUT2D eigenvalue weighted by Gasteiger charge is -2.19. The number of imidazole rings is 1. The quantitative estimate of drug-likeness (QED) is 0.587. The summed E-state index contributed by atoms with van der Waals surface area (Å²) in [6, 6.07) is 0. The zero-order valence-electron chi connectivity index (χ0n) is 9.37. The Morgan fingerprint density at radius 2 is 2.21 bits per heavy atom. The van der Waals surface area contributed by atoms with E-state index in [1.54, 1.807) is 6.20 Å². The van der Waals surface area contributed by atoms with E-state index in [1.807, 2.05) is 33.9 Å². The highest BCUT2D eigenvalue weighted by Gasteiger charge is 2.09. The van der Waals surface area contributed by atoms with Crippen LogP contribution in [0.1, 0.15) is 26.6 Å². The number of hydrogen-bond donors (Lipinski definition) is 1. The zero-order valence-corrected chi connectivity index (χ0v) is 9.37. The molecule has 0 spiro atoms. The molecule has 0 aliphatic rings. The van der Waals surface area contributed by atoms with Crippen molar-refractivity contribution in [2.45, 2.75) is 39.8 Å². The molecule has 1 aromatic heterocycles. The normalized spacial score (nSPS) is 12.0. The van der Waals surface area contributed by atoms with Crippen LogP contribution >= 0.6 is 0 Å². The molecule has 80 valence electrons. The maximum absolute atomic E-state index is 5.38. The third kappa shape index (κ3) is 3.89. The van der Waals surface area contributed by atoms with Crippen molar-refractivity contribution < 1.29 is 4.84 Å². The van der Waals surface area contributed by atoms with E-state index in [2.05, 4.69) is 15.0 Å². The first-order valence-electron chi connectivity index (χ1n) is 4.87. The van der Waals surface area contributed by atoms with E-state index in [0.29, 0.717) is 0 Å². The Morgan fingerprint density at radius 3 is 2.71 bits per heavy atom. The molecule has 0 radical (unpaired) electrons. The van der Waals surface area contributed by atoms with Crippen molar-refractivity contribution in [2.24, 2.45) is 0 Å². The van der Waals surface area contributed by atoms with Gasteiger partial charge in [0.25, 0.3) is 0 Å². The number of nitrogens with one attached hydrogen (secondary N) is 1. The van der Waals surface area contributed by atoms with Crippen LogP contribution in [-0.2, 0) is 11.4 Å². The minimum atomic E-state index is -0.135. The van der Waals surface area contributed by atoms with Gasteiger partial charge in [-0.15, -0.1) is 0 Å². The van der Waals surface area contributed by atoms with Crippen LogP contribution in [0.4, 0.5) is 0 Å². The van der Waals surface area contributed by atoms with E-state index in [0.717, 1.165) is 18.9 Å². The Hall–Kier alpha value is -0.870. The highest BCUT2D eigenvalue weighted by Crippen LogP contribution is 2.03. The summed E-state index contributed by atoms with van der Waals surface area (Å²) in [6.45, 7) is 9.70. The summed E-state index contributed by atoms with van der Waals surface area (Å²) >= 11 is 0. The molecule has 1 heterocycles. The topological polar surface area (TPSA) is 39.1 Å². The molecule has 1 aromatic rings. The third-order valence-electron chi connectivity index (χ3n) is 1.76. The first-order valence-corrected chi connectivity index (χ1v) is 4.87. The smallest absolute Gasteiger partial charge is 0.105 e. The molecule has 0 saturated carbocycles. The van der Waals surface area contributed by atoms with Gasteiger partial charge in [-0.25, -0.2) is 10.5 Å². The van der Waals surface area contributed by atoms with Gasteiger partial charge >= 0.3 is 0 Å². The van der Waals surface area contributed by atoms with Crippen molar-refractivity contribution in [1.29, 1.82) is 0 Å². The Morgan fingerprint density at radius 1 is 1.50 bits per heavy atom. The summed E-state index contributed by atoms with van der Waals surface area (Å²) < 4.78 is 2.08. The van der Waals surface area contributed by atoms with E-state index in [9.17, 15) is 0 Å². The van der Waals surface area contributed by atoms with Crippen molar-refractivity contribution >= 4 is 0 Å². The van der Waals surface area contributed by atoms with E-state index in [-0.39, 0.29) is 5.60 Å². The number of hydroxylamine groups is 1. The summed E-state index contributed by atoms with van der Waals surface area (Å²) in [7, 11) is 0. The van der Waals surface area contributed by atoms with Crippen LogP contribution in [0.2, 0.25) is 0 Å². The van der Waals surface area contributed by atoms with Crippen molar-refractivity contribution in [2.75, 3.05) is 6.54 Å². The van der Waals surface area contributed by atoms with Crippen molar-refractivity contribution in [3.63, 3.8) is 0 Å². The van der Waals surface area contributed by atoms with Crippen molar-refractivity contribution in [1.82, 2.24) is 15.0 Å². The lowest BCUT2D eigenvalue weighted by molar-refractivity contribution is -0.0731. The molecule has 0 fully saturated rings. The minimum Gasteiger partial charge on any atom is -0.334 e. The Labute approximate surface area is 85.2 Å². The van der Waals surface area contributed by atoms with Gasteiger partial charge in [-0.3, -0.25) is 4.84 Å². The van der Waals surface area contributed by atoms with Gasteiger partial charge in [0.1, 0.15) is 5.82 Å². The third-order valence-corrected chi connectivity index (χ3v) is 1.76. The van der Waals surface area contributed by atoms with Gasteiger partial charge in [0, 0.05) is 25.5 Å². The van der Waals surface area contributed by atoms with Gasteiger partial charge in [-0.2, -0.15) is 0 Å². The lowest BCUT2D eigenvalue weighted by atomic mass is 10.2. The first kappa shape index (κ1) is 11.2. The standard InChI is InChI=1S/C10H19N3O/c1-9-11-5-7-13(9)8-6-12-14-10(2,3)4/h5,7,12H,6,8H2,1-4H3. The average molecular weight is 197 g/mol. The molecule has 14 heavy (non-hydrogen) atoms. The molecular formula is C10H19N3O. The average Bonchev–Trinajstić information content (AvgIpc) is 2.44. The highest BCUT2D eigenvalue weighted by molar-refractivity contribution is 4.88. The van der Waals surface area contributed by atoms with Gasteiger partial charge in [-0.05, 0) is 27.7 Å². The first-order chi connectivity index (χ1) is 6.49. The molecule has 0 bridgehead atoms. The molecule has 1 N–H and O–H groups in total. The second-order valence-corrected chi connectivity index (χ2v) is 4.28. The summed E-state index contributed by atoms with van der Waals surface area (Å²) in [4.78, 5) is 9.52. The molecule has 0 unspecified atom stereocenters. The van der Waals surface area contributed by atoms with Crippen LogP contribution in [0.3, 0.4) is 0 Å². The van der Waals surface area contributed by atoms with E-state index in [1.165, 1.54) is 0 Å². The van der Waals surface area contributed by atoms with Crippen LogP contribution < -0.4 is 5.48 Å². The SMILES string of the molecule is Cc1nccn1CCNOC(C)(C)C. The molecule has 0 saturated heterocycles. The number of aryl methyl sites for hydroxylation is 1. The molecule has 1 rings (SSSR count). The summed E-state index contributed by atoms with van der Waals surface area (Å²) in [5.74, 6) is 1.03. The Kier molecular flexibility index (Phi) is 3.66. The fourth-order valence-corrected chi connectivity index (χ4v) is 1.07. The summed E-state index contributed by atoms with van der Waals surface area (Å²) in [5, 5.41) is 0. The van der Waals surface area contributed by atoms with Gasteiger partial charge < -0.3 is 4.57 Å². The monoisotopic (exact) mass is 197 g/mol. The Balaban J connectivity index is 2.20. The van der Waals surface area contributed by atoms with Crippen LogP contribution in [0, 0.1) is 6.92 Å². The maximum atomic E-state index is 5.38. The van der Waals surface area contributed by atoms with Crippen LogP contribution in [0.5, 0.6) is 0 Å². The number of rotatable bonds is 4. The van der Waals surface area contributed by atoms with Crippen molar-refractivity contribution in [3.8, 4) is 0 Å². The molecule has 4 nitrogen and oxygen atoms in total. The number of nitrogens with zero attached hydrogens (tertiary/aromatic N) is 2. The van der Waals surface area contributed by atoms with Gasteiger partial charge in [-0.1, -0.05) is 0 Å².